The third-order valence-corrected chi connectivity index (χ3v) is 3.83. The van der Waals surface area contributed by atoms with Crippen molar-refractivity contribution in [1.29, 1.82) is 0 Å². The van der Waals surface area contributed by atoms with Crippen LogP contribution >= 0.6 is 11.6 Å². The summed E-state index contributed by atoms with van der Waals surface area (Å²) in [7, 11) is 1.90. The average Bonchev–Trinajstić information content (AvgIpc) is 3.16. The summed E-state index contributed by atoms with van der Waals surface area (Å²) in [5, 5.41) is 8.34. The third-order valence-electron chi connectivity index (χ3n) is 3.58. The minimum Gasteiger partial charge on any atom is -0.338 e. The molecule has 0 unspecified atom stereocenters. The number of aryl methyl sites for hydroxylation is 2. The lowest BCUT2D eigenvalue weighted by atomic mass is 10.3. The quantitative estimate of drug-likeness (QED) is 0.620. The molecule has 7 nitrogen and oxygen atoms in total. The summed E-state index contributed by atoms with van der Waals surface area (Å²) in [4.78, 5) is 13.5. The predicted octanol–water partition coefficient (Wildman–Crippen LogP) is 3.25. The standard InChI is InChI=1S/C16H14ClN7/c1-10-7-8-24(22-10)16-20-14(13-15(21-16)23(2)9-18-13)19-12-5-3-11(17)4-6-12/h3-9H,1-2H3,(H,19,20,21). The number of nitrogens with one attached hydrogen (secondary N) is 1. The van der Waals surface area contributed by atoms with Crippen LogP contribution in [0.5, 0.6) is 0 Å². The number of hydrogen-bond donors (Lipinski definition) is 1. The van der Waals surface area contributed by atoms with Crippen LogP contribution in [0.4, 0.5) is 11.5 Å². The van der Waals surface area contributed by atoms with E-state index in [2.05, 4.69) is 25.4 Å². The van der Waals surface area contributed by atoms with E-state index in [1.807, 2.05) is 55.1 Å². The van der Waals surface area contributed by atoms with Crippen LogP contribution in [0.25, 0.3) is 17.1 Å². The molecule has 3 heterocycles. The van der Waals surface area contributed by atoms with Gasteiger partial charge in [-0.1, -0.05) is 11.6 Å². The Balaban J connectivity index is 1.85. The Hall–Kier alpha value is -2.93. The van der Waals surface area contributed by atoms with Gasteiger partial charge in [-0.25, -0.2) is 9.67 Å². The number of rotatable bonds is 3. The van der Waals surface area contributed by atoms with Crippen molar-refractivity contribution in [2.45, 2.75) is 6.92 Å². The second-order valence-electron chi connectivity index (χ2n) is 5.43. The Morgan fingerprint density at radius 2 is 1.88 bits per heavy atom. The molecule has 0 fully saturated rings. The first-order valence-electron chi connectivity index (χ1n) is 7.34. The molecule has 1 aromatic carbocycles. The van der Waals surface area contributed by atoms with E-state index in [-0.39, 0.29) is 0 Å². The molecular formula is C16H14ClN7. The molecule has 0 aliphatic rings. The van der Waals surface area contributed by atoms with E-state index < -0.39 is 0 Å². The molecule has 0 aliphatic carbocycles. The number of benzene rings is 1. The maximum absolute atomic E-state index is 5.94. The molecule has 24 heavy (non-hydrogen) atoms. The van der Waals surface area contributed by atoms with Crippen LogP contribution < -0.4 is 5.32 Å². The molecule has 0 amide bonds. The largest absolute Gasteiger partial charge is 0.338 e. The van der Waals surface area contributed by atoms with Crippen LogP contribution in [0, 0.1) is 6.92 Å². The van der Waals surface area contributed by atoms with Gasteiger partial charge in [-0.3, -0.25) is 0 Å². The average molecular weight is 340 g/mol. The summed E-state index contributed by atoms with van der Waals surface area (Å²) in [5.74, 6) is 1.10. The molecule has 0 radical (unpaired) electrons. The zero-order chi connectivity index (χ0) is 16.7. The van der Waals surface area contributed by atoms with Gasteiger partial charge in [0.05, 0.1) is 12.0 Å². The van der Waals surface area contributed by atoms with Crippen molar-refractivity contribution in [3.05, 3.63) is 53.6 Å². The number of halogens is 1. The van der Waals surface area contributed by atoms with Crippen molar-refractivity contribution < 1.29 is 0 Å². The van der Waals surface area contributed by atoms with Crippen LogP contribution in [-0.4, -0.2) is 29.3 Å². The highest BCUT2D eigenvalue weighted by Crippen LogP contribution is 2.24. The van der Waals surface area contributed by atoms with Gasteiger partial charge in [0.2, 0.25) is 0 Å². The van der Waals surface area contributed by atoms with Gasteiger partial charge >= 0.3 is 0 Å². The smallest absolute Gasteiger partial charge is 0.254 e. The second kappa shape index (κ2) is 5.61. The molecule has 0 saturated carbocycles. The van der Waals surface area contributed by atoms with Crippen molar-refractivity contribution in [3.8, 4) is 5.95 Å². The number of nitrogens with zero attached hydrogens (tertiary/aromatic N) is 6. The maximum Gasteiger partial charge on any atom is 0.254 e. The molecule has 3 aromatic heterocycles. The summed E-state index contributed by atoms with van der Waals surface area (Å²) in [6, 6.07) is 9.31. The third kappa shape index (κ3) is 2.59. The van der Waals surface area contributed by atoms with Gasteiger partial charge in [0.1, 0.15) is 0 Å². The molecule has 8 heteroatoms. The van der Waals surface area contributed by atoms with E-state index >= 15 is 0 Å². The van der Waals surface area contributed by atoms with Crippen molar-refractivity contribution in [2.24, 2.45) is 7.05 Å². The van der Waals surface area contributed by atoms with Crippen molar-refractivity contribution in [1.82, 2.24) is 29.3 Å². The van der Waals surface area contributed by atoms with Gasteiger partial charge in [-0.05, 0) is 37.3 Å². The number of fused-ring (bicyclic) bond motifs is 1. The number of imidazole rings is 1. The summed E-state index contributed by atoms with van der Waals surface area (Å²) >= 11 is 5.94. The molecule has 0 bridgehead atoms. The zero-order valence-corrected chi connectivity index (χ0v) is 13.9. The Bertz CT molecular complexity index is 1020. The highest BCUT2D eigenvalue weighted by Gasteiger charge is 2.14. The van der Waals surface area contributed by atoms with Crippen LogP contribution in [-0.2, 0) is 7.05 Å². The Morgan fingerprint density at radius 3 is 2.58 bits per heavy atom. The Morgan fingerprint density at radius 1 is 1.08 bits per heavy atom. The zero-order valence-electron chi connectivity index (χ0n) is 13.1. The summed E-state index contributed by atoms with van der Waals surface area (Å²) in [6.07, 6.45) is 3.55. The van der Waals surface area contributed by atoms with Gasteiger partial charge in [-0.15, -0.1) is 0 Å². The number of hydrogen-bond acceptors (Lipinski definition) is 5. The lowest BCUT2D eigenvalue weighted by Gasteiger charge is -2.09. The minimum atomic E-state index is 0.482. The molecule has 4 aromatic rings. The fourth-order valence-electron chi connectivity index (χ4n) is 2.38. The molecule has 0 aliphatic heterocycles. The van der Waals surface area contributed by atoms with Gasteiger partial charge in [0, 0.05) is 24.0 Å². The van der Waals surface area contributed by atoms with E-state index in [4.69, 9.17) is 11.6 Å². The molecule has 0 saturated heterocycles. The first-order chi connectivity index (χ1) is 11.6. The van der Waals surface area contributed by atoms with Gasteiger partial charge in [-0.2, -0.15) is 15.1 Å². The Labute approximate surface area is 142 Å². The highest BCUT2D eigenvalue weighted by molar-refractivity contribution is 6.30. The lowest BCUT2D eigenvalue weighted by molar-refractivity contribution is 0.798. The predicted molar refractivity (Wildman–Crippen MR) is 92.9 cm³/mol. The highest BCUT2D eigenvalue weighted by atomic mass is 35.5. The topological polar surface area (TPSA) is 73.5 Å². The maximum atomic E-state index is 5.94. The van der Waals surface area contributed by atoms with Gasteiger partial charge in [0.15, 0.2) is 17.0 Å². The van der Waals surface area contributed by atoms with Crippen molar-refractivity contribution in [2.75, 3.05) is 5.32 Å². The fourth-order valence-corrected chi connectivity index (χ4v) is 2.51. The fraction of sp³-hybridized carbons (Fsp3) is 0.125. The molecular weight excluding hydrogens is 326 g/mol. The van der Waals surface area contributed by atoms with Crippen molar-refractivity contribution >= 4 is 34.3 Å². The molecule has 1 N–H and O–H groups in total. The van der Waals surface area contributed by atoms with Crippen LogP contribution in [0.3, 0.4) is 0 Å². The van der Waals surface area contributed by atoms with Crippen LogP contribution in [0.1, 0.15) is 5.69 Å². The minimum absolute atomic E-state index is 0.482. The van der Waals surface area contributed by atoms with E-state index in [9.17, 15) is 0 Å². The molecule has 4 rings (SSSR count). The monoisotopic (exact) mass is 339 g/mol. The first kappa shape index (κ1) is 14.6. The summed E-state index contributed by atoms with van der Waals surface area (Å²) in [5.41, 5.74) is 3.19. The van der Waals surface area contributed by atoms with E-state index in [1.165, 1.54) is 0 Å². The number of aromatic nitrogens is 6. The lowest BCUT2D eigenvalue weighted by Crippen LogP contribution is -2.06. The summed E-state index contributed by atoms with van der Waals surface area (Å²) in [6.45, 7) is 1.92. The Kier molecular flexibility index (Phi) is 3.42. The van der Waals surface area contributed by atoms with E-state index in [0.717, 1.165) is 17.0 Å². The molecule has 120 valence electrons. The first-order valence-corrected chi connectivity index (χ1v) is 7.72. The van der Waals surface area contributed by atoms with E-state index in [1.54, 1.807) is 11.0 Å². The van der Waals surface area contributed by atoms with Crippen LogP contribution in [0.2, 0.25) is 5.02 Å². The van der Waals surface area contributed by atoms with Crippen molar-refractivity contribution in [3.63, 3.8) is 0 Å². The normalized spacial score (nSPS) is 11.1. The SMILES string of the molecule is Cc1ccn(-c2nc(Nc3ccc(Cl)cc3)c3ncn(C)c3n2)n1. The second-order valence-corrected chi connectivity index (χ2v) is 5.87. The molecule has 0 spiro atoms. The van der Waals surface area contributed by atoms with Crippen LogP contribution in [0.15, 0.2) is 42.9 Å². The summed E-state index contributed by atoms with van der Waals surface area (Å²) < 4.78 is 3.50. The number of anilines is 2. The van der Waals surface area contributed by atoms with Gasteiger partial charge < -0.3 is 9.88 Å². The van der Waals surface area contributed by atoms with E-state index in [0.29, 0.717) is 22.3 Å². The van der Waals surface area contributed by atoms with Gasteiger partial charge in [0.25, 0.3) is 5.95 Å². The molecule has 0 atom stereocenters.